The molecule has 0 saturated heterocycles. The SMILES string of the molecule is CCN(C)C(=O)CNC(=O)CC(CN)OC. The van der Waals surface area contributed by atoms with Gasteiger partial charge in [0.1, 0.15) is 0 Å². The smallest absolute Gasteiger partial charge is 0.241 e. The van der Waals surface area contributed by atoms with Crippen molar-refractivity contribution in [1.29, 1.82) is 0 Å². The minimum absolute atomic E-state index is 0.0180. The highest BCUT2D eigenvalue weighted by Crippen LogP contribution is 1.94. The Morgan fingerprint density at radius 3 is 2.56 bits per heavy atom. The average molecular weight is 231 g/mol. The third-order valence-electron chi connectivity index (χ3n) is 2.35. The highest BCUT2D eigenvalue weighted by atomic mass is 16.5. The Labute approximate surface area is 96.1 Å². The lowest BCUT2D eigenvalue weighted by Gasteiger charge is -2.16. The second-order valence-electron chi connectivity index (χ2n) is 3.48. The molecule has 0 aromatic carbocycles. The van der Waals surface area contributed by atoms with Crippen molar-refractivity contribution < 1.29 is 14.3 Å². The van der Waals surface area contributed by atoms with Gasteiger partial charge in [0.05, 0.1) is 19.1 Å². The van der Waals surface area contributed by atoms with Gasteiger partial charge in [-0.15, -0.1) is 0 Å². The van der Waals surface area contributed by atoms with Gasteiger partial charge in [0.15, 0.2) is 0 Å². The van der Waals surface area contributed by atoms with E-state index in [0.29, 0.717) is 6.54 Å². The summed E-state index contributed by atoms with van der Waals surface area (Å²) in [7, 11) is 3.19. The molecule has 0 aromatic rings. The van der Waals surface area contributed by atoms with Crippen LogP contribution in [0.25, 0.3) is 0 Å². The predicted molar refractivity (Wildman–Crippen MR) is 60.8 cm³/mol. The first kappa shape index (κ1) is 14.9. The molecule has 2 amide bonds. The molecular formula is C10H21N3O3. The highest BCUT2D eigenvalue weighted by Gasteiger charge is 2.13. The standard InChI is InChI=1S/C10H21N3O3/c1-4-13(2)10(15)7-12-9(14)5-8(6-11)16-3/h8H,4-7,11H2,1-3H3,(H,12,14). The lowest BCUT2D eigenvalue weighted by Crippen LogP contribution is -2.39. The van der Waals surface area contributed by atoms with Crippen LogP contribution in [0.4, 0.5) is 0 Å². The van der Waals surface area contributed by atoms with Crippen LogP contribution < -0.4 is 11.1 Å². The number of carbonyl (C=O) groups is 2. The van der Waals surface area contributed by atoms with Crippen LogP contribution in [-0.4, -0.2) is 56.6 Å². The maximum atomic E-state index is 11.4. The van der Waals surface area contributed by atoms with Crippen LogP contribution >= 0.6 is 0 Å². The van der Waals surface area contributed by atoms with E-state index in [0.717, 1.165) is 0 Å². The van der Waals surface area contributed by atoms with Gasteiger partial charge in [-0.2, -0.15) is 0 Å². The van der Waals surface area contributed by atoms with Crippen LogP contribution in [0.1, 0.15) is 13.3 Å². The summed E-state index contributed by atoms with van der Waals surface area (Å²) < 4.78 is 4.96. The summed E-state index contributed by atoms with van der Waals surface area (Å²) in [6, 6.07) is 0. The molecule has 0 aromatic heterocycles. The molecule has 1 unspecified atom stereocenters. The third kappa shape index (κ3) is 5.67. The monoisotopic (exact) mass is 231 g/mol. The second kappa shape index (κ2) is 8.06. The summed E-state index contributed by atoms with van der Waals surface area (Å²) in [5.41, 5.74) is 5.38. The summed E-state index contributed by atoms with van der Waals surface area (Å²) in [5.74, 6) is -0.340. The van der Waals surface area contributed by atoms with Crippen molar-refractivity contribution in [3.8, 4) is 0 Å². The zero-order chi connectivity index (χ0) is 12.6. The second-order valence-corrected chi connectivity index (χ2v) is 3.48. The number of nitrogens with one attached hydrogen (secondary N) is 1. The molecule has 0 aliphatic carbocycles. The van der Waals surface area contributed by atoms with Crippen molar-refractivity contribution in [1.82, 2.24) is 10.2 Å². The minimum Gasteiger partial charge on any atom is -0.380 e. The summed E-state index contributed by atoms with van der Waals surface area (Å²) >= 11 is 0. The summed E-state index contributed by atoms with van der Waals surface area (Å²) in [5, 5.41) is 2.53. The molecule has 1 atom stereocenters. The fourth-order valence-corrected chi connectivity index (χ4v) is 1.03. The van der Waals surface area contributed by atoms with E-state index in [9.17, 15) is 9.59 Å². The molecule has 0 spiro atoms. The van der Waals surface area contributed by atoms with Gasteiger partial charge in [-0.25, -0.2) is 0 Å². The van der Waals surface area contributed by atoms with Gasteiger partial charge in [-0.3, -0.25) is 9.59 Å². The average Bonchev–Trinajstić information content (AvgIpc) is 2.31. The van der Waals surface area contributed by atoms with Gasteiger partial charge in [0.25, 0.3) is 0 Å². The van der Waals surface area contributed by atoms with Gasteiger partial charge < -0.3 is 20.7 Å². The van der Waals surface area contributed by atoms with E-state index in [1.807, 2.05) is 6.92 Å². The van der Waals surface area contributed by atoms with E-state index < -0.39 is 0 Å². The quantitative estimate of drug-likeness (QED) is 0.585. The maximum Gasteiger partial charge on any atom is 0.241 e. The van der Waals surface area contributed by atoms with Gasteiger partial charge in [-0.05, 0) is 6.92 Å². The number of rotatable bonds is 7. The van der Waals surface area contributed by atoms with Crippen LogP contribution in [0.5, 0.6) is 0 Å². The molecule has 6 heteroatoms. The van der Waals surface area contributed by atoms with Gasteiger partial charge in [-0.1, -0.05) is 0 Å². The number of amides is 2. The fraction of sp³-hybridized carbons (Fsp3) is 0.800. The molecule has 0 fully saturated rings. The van der Waals surface area contributed by atoms with Gasteiger partial charge in [0.2, 0.25) is 11.8 Å². The molecule has 0 rings (SSSR count). The van der Waals surface area contributed by atoms with Crippen molar-refractivity contribution in [3.63, 3.8) is 0 Å². The molecule has 0 radical (unpaired) electrons. The number of nitrogens with two attached hydrogens (primary N) is 1. The lowest BCUT2D eigenvalue weighted by molar-refractivity contribution is -0.132. The zero-order valence-electron chi connectivity index (χ0n) is 10.2. The highest BCUT2D eigenvalue weighted by molar-refractivity contribution is 5.84. The van der Waals surface area contributed by atoms with Crippen LogP contribution in [0.3, 0.4) is 0 Å². The molecule has 16 heavy (non-hydrogen) atoms. The number of likely N-dealkylation sites (N-methyl/N-ethyl adjacent to an activating group) is 1. The Bertz CT molecular complexity index is 229. The van der Waals surface area contributed by atoms with Crippen molar-refractivity contribution in [2.45, 2.75) is 19.4 Å². The number of carbonyl (C=O) groups excluding carboxylic acids is 2. The Hall–Kier alpha value is -1.14. The van der Waals surface area contributed by atoms with Crippen LogP contribution in [0.15, 0.2) is 0 Å². The molecule has 94 valence electrons. The summed E-state index contributed by atoms with van der Waals surface area (Å²) in [6.45, 7) is 2.80. The summed E-state index contributed by atoms with van der Waals surface area (Å²) in [6.07, 6.45) is -0.116. The molecule has 0 saturated carbocycles. The lowest BCUT2D eigenvalue weighted by atomic mass is 10.2. The van der Waals surface area contributed by atoms with E-state index in [1.54, 1.807) is 7.05 Å². The first-order valence-corrected chi connectivity index (χ1v) is 5.28. The van der Waals surface area contributed by atoms with Gasteiger partial charge >= 0.3 is 0 Å². The summed E-state index contributed by atoms with van der Waals surface area (Å²) in [4.78, 5) is 24.3. The molecule has 6 nitrogen and oxygen atoms in total. The van der Waals surface area contributed by atoms with Gasteiger partial charge in [0, 0.05) is 27.2 Å². The Kier molecular flexibility index (Phi) is 7.49. The van der Waals surface area contributed by atoms with E-state index in [4.69, 9.17) is 10.5 Å². The Morgan fingerprint density at radius 1 is 1.50 bits per heavy atom. The fourth-order valence-electron chi connectivity index (χ4n) is 1.03. The van der Waals surface area contributed by atoms with E-state index in [-0.39, 0.29) is 37.4 Å². The van der Waals surface area contributed by atoms with Crippen molar-refractivity contribution in [2.24, 2.45) is 5.73 Å². The maximum absolute atomic E-state index is 11.4. The largest absolute Gasteiger partial charge is 0.380 e. The Morgan fingerprint density at radius 2 is 2.12 bits per heavy atom. The van der Waals surface area contributed by atoms with Crippen LogP contribution in [-0.2, 0) is 14.3 Å². The van der Waals surface area contributed by atoms with Crippen molar-refractivity contribution in [3.05, 3.63) is 0 Å². The van der Waals surface area contributed by atoms with Crippen molar-refractivity contribution >= 4 is 11.8 Å². The van der Waals surface area contributed by atoms with Crippen LogP contribution in [0, 0.1) is 0 Å². The molecule has 3 N–H and O–H groups in total. The number of hydrogen-bond acceptors (Lipinski definition) is 4. The third-order valence-corrected chi connectivity index (χ3v) is 2.35. The first-order valence-electron chi connectivity index (χ1n) is 5.28. The molecule has 0 bridgehead atoms. The first-order chi connectivity index (χ1) is 7.54. The molecule has 0 aliphatic heterocycles. The minimum atomic E-state index is -0.293. The predicted octanol–water partition coefficient (Wildman–Crippen LogP) is -1.06. The number of hydrogen-bond donors (Lipinski definition) is 2. The van der Waals surface area contributed by atoms with E-state index >= 15 is 0 Å². The van der Waals surface area contributed by atoms with E-state index in [1.165, 1.54) is 12.0 Å². The van der Waals surface area contributed by atoms with Crippen LogP contribution in [0.2, 0.25) is 0 Å². The topological polar surface area (TPSA) is 84.7 Å². The normalized spacial score (nSPS) is 12.0. The number of ether oxygens (including phenoxy) is 1. The Balaban J connectivity index is 3.85. The number of methoxy groups -OCH3 is 1. The van der Waals surface area contributed by atoms with Crippen molar-refractivity contribution in [2.75, 3.05) is 33.8 Å². The molecule has 0 aliphatic rings. The zero-order valence-corrected chi connectivity index (χ0v) is 10.2. The number of nitrogens with zero attached hydrogens (tertiary/aromatic N) is 1. The van der Waals surface area contributed by atoms with E-state index in [2.05, 4.69) is 5.32 Å². The molecule has 0 heterocycles. The molecular weight excluding hydrogens is 210 g/mol.